The summed E-state index contributed by atoms with van der Waals surface area (Å²) in [6.45, 7) is 7.47. The molecule has 0 saturated carbocycles. The molecule has 2 aromatic carbocycles. The number of carbonyl (C=O) groups excluding carboxylic acids is 3. The third-order valence-corrected chi connectivity index (χ3v) is 7.43. The molecule has 2 aliphatic heterocycles. The van der Waals surface area contributed by atoms with Crippen LogP contribution in [0.25, 0.3) is 6.08 Å². The van der Waals surface area contributed by atoms with Gasteiger partial charge < -0.3 is 14.5 Å². The number of carbonyl (C=O) groups is 3. The van der Waals surface area contributed by atoms with Crippen molar-refractivity contribution in [2.45, 2.75) is 39.7 Å². The third-order valence-electron chi connectivity index (χ3n) is 6.53. The van der Waals surface area contributed by atoms with Crippen LogP contribution in [0.2, 0.25) is 0 Å². The molecular formula is C28H33N3O4S. The van der Waals surface area contributed by atoms with E-state index in [0.717, 1.165) is 65.8 Å². The topological polar surface area (TPSA) is 70.2 Å². The molecule has 0 atom stereocenters. The van der Waals surface area contributed by atoms with E-state index in [1.807, 2.05) is 48.5 Å². The lowest BCUT2D eigenvalue weighted by atomic mass is 10.1. The van der Waals surface area contributed by atoms with Gasteiger partial charge in [0.25, 0.3) is 11.1 Å². The lowest BCUT2D eigenvalue weighted by Crippen LogP contribution is -2.44. The molecule has 0 bridgehead atoms. The standard InChI is InChI=1S/C28H33N3O4S/c1-3-29(4-2)23-14-13-22(24(18-23)35-20-21-11-7-5-8-12-21)17-25-27(33)31(28(34)36-25)19-26(32)30-15-9-6-10-16-30/h5,7-8,11-14,17-18H,3-4,6,9-10,15-16,19-20H2,1-2H3/b25-17+. The first-order chi connectivity index (χ1) is 17.5. The second-order valence-corrected chi connectivity index (χ2v) is 9.87. The van der Waals surface area contributed by atoms with E-state index in [0.29, 0.717) is 30.4 Å². The molecule has 2 aromatic rings. The summed E-state index contributed by atoms with van der Waals surface area (Å²) in [7, 11) is 0. The Balaban J connectivity index is 1.55. The van der Waals surface area contributed by atoms with Crippen LogP contribution in [0.1, 0.15) is 44.2 Å². The Morgan fingerprint density at radius 3 is 2.44 bits per heavy atom. The van der Waals surface area contributed by atoms with Crippen molar-refractivity contribution in [2.24, 2.45) is 0 Å². The molecule has 4 rings (SSSR count). The van der Waals surface area contributed by atoms with Gasteiger partial charge in [-0.3, -0.25) is 19.3 Å². The van der Waals surface area contributed by atoms with Crippen molar-refractivity contribution in [1.82, 2.24) is 9.80 Å². The van der Waals surface area contributed by atoms with E-state index in [1.165, 1.54) is 0 Å². The lowest BCUT2D eigenvalue weighted by Gasteiger charge is -2.27. The van der Waals surface area contributed by atoms with Gasteiger partial charge in [0.15, 0.2) is 0 Å². The first-order valence-corrected chi connectivity index (χ1v) is 13.4. The summed E-state index contributed by atoms with van der Waals surface area (Å²) in [5, 5.41) is -0.414. The predicted molar refractivity (Wildman–Crippen MR) is 144 cm³/mol. The van der Waals surface area contributed by atoms with E-state index in [-0.39, 0.29) is 12.5 Å². The zero-order valence-electron chi connectivity index (χ0n) is 20.9. The summed E-state index contributed by atoms with van der Waals surface area (Å²) in [6.07, 6.45) is 4.73. The van der Waals surface area contributed by atoms with Crippen molar-refractivity contribution in [3.63, 3.8) is 0 Å². The van der Waals surface area contributed by atoms with Crippen LogP contribution in [-0.4, -0.2) is 59.6 Å². The molecule has 0 N–H and O–H groups in total. The summed E-state index contributed by atoms with van der Waals surface area (Å²) in [5.74, 6) is 0.0327. The van der Waals surface area contributed by atoms with Crippen LogP contribution in [0.4, 0.5) is 10.5 Å². The number of piperidine rings is 1. The number of ether oxygens (including phenoxy) is 1. The van der Waals surface area contributed by atoms with Gasteiger partial charge in [-0.1, -0.05) is 30.3 Å². The molecule has 2 aliphatic rings. The SMILES string of the molecule is CCN(CC)c1ccc(/C=C2/SC(=O)N(CC(=O)N3CCCCC3)C2=O)c(OCc2ccccc2)c1. The fraction of sp³-hybridized carbons (Fsp3) is 0.393. The van der Waals surface area contributed by atoms with Crippen molar-refractivity contribution in [1.29, 1.82) is 0 Å². The van der Waals surface area contributed by atoms with E-state index < -0.39 is 11.1 Å². The van der Waals surface area contributed by atoms with Crippen LogP contribution >= 0.6 is 11.8 Å². The van der Waals surface area contributed by atoms with Gasteiger partial charge in [0.1, 0.15) is 18.9 Å². The summed E-state index contributed by atoms with van der Waals surface area (Å²) in [4.78, 5) is 43.7. The molecule has 0 spiro atoms. The maximum atomic E-state index is 13.1. The monoisotopic (exact) mass is 507 g/mol. The van der Waals surface area contributed by atoms with E-state index in [4.69, 9.17) is 4.74 Å². The smallest absolute Gasteiger partial charge is 0.294 e. The van der Waals surface area contributed by atoms with Crippen molar-refractivity contribution in [3.8, 4) is 5.75 Å². The Morgan fingerprint density at radius 1 is 1.03 bits per heavy atom. The average Bonchev–Trinajstić information content (AvgIpc) is 3.17. The molecule has 3 amide bonds. The summed E-state index contributed by atoms with van der Waals surface area (Å²) in [6, 6.07) is 15.8. The summed E-state index contributed by atoms with van der Waals surface area (Å²) >= 11 is 0.870. The van der Waals surface area contributed by atoms with Crippen LogP contribution in [0, 0.1) is 0 Å². The Hall–Kier alpha value is -3.26. The zero-order valence-corrected chi connectivity index (χ0v) is 21.8. The second kappa shape index (κ2) is 12.1. The molecule has 0 unspecified atom stereocenters. The molecule has 2 saturated heterocycles. The predicted octanol–water partition coefficient (Wildman–Crippen LogP) is 5.16. The van der Waals surface area contributed by atoms with Gasteiger partial charge in [0, 0.05) is 43.5 Å². The number of imide groups is 1. The van der Waals surface area contributed by atoms with Crippen molar-refractivity contribution in [2.75, 3.05) is 37.6 Å². The second-order valence-electron chi connectivity index (χ2n) is 8.88. The number of likely N-dealkylation sites (tertiary alicyclic amines) is 1. The van der Waals surface area contributed by atoms with Crippen LogP contribution in [0.15, 0.2) is 53.4 Å². The van der Waals surface area contributed by atoms with Crippen LogP contribution < -0.4 is 9.64 Å². The quantitative estimate of drug-likeness (QED) is 0.437. The molecule has 7 nitrogen and oxygen atoms in total. The molecule has 2 fully saturated rings. The molecule has 0 radical (unpaired) electrons. The van der Waals surface area contributed by atoms with Gasteiger partial charge >= 0.3 is 0 Å². The minimum absolute atomic E-state index is 0.172. The van der Waals surface area contributed by atoms with Gasteiger partial charge in [-0.15, -0.1) is 0 Å². The van der Waals surface area contributed by atoms with Gasteiger partial charge in [-0.05, 0) is 68.6 Å². The third kappa shape index (κ3) is 6.10. The Morgan fingerprint density at radius 2 is 1.75 bits per heavy atom. The number of amides is 3. The van der Waals surface area contributed by atoms with Gasteiger partial charge in [0.2, 0.25) is 5.91 Å². The summed E-state index contributed by atoms with van der Waals surface area (Å²) in [5.41, 5.74) is 2.78. The minimum atomic E-state index is -0.433. The van der Waals surface area contributed by atoms with E-state index in [1.54, 1.807) is 11.0 Å². The highest BCUT2D eigenvalue weighted by molar-refractivity contribution is 8.18. The molecule has 36 heavy (non-hydrogen) atoms. The highest BCUT2D eigenvalue weighted by Gasteiger charge is 2.37. The molecular weight excluding hydrogens is 474 g/mol. The number of hydrogen-bond donors (Lipinski definition) is 0. The maximum Gasteiger partial charge on any atom is 0.294 e. The zero-order chi connectivity index (χ0) is 25.5. The van der Waals surface area contributed by atoms with Gasteiger partial charge in [-0.2, -0.15) is 0 Å². The van der Waals surface area contributed by atoms with E-state index in [9.17, 15) is 14.4 Å². The summed E-state index contributed by atoms with van der Waals surface area (Å²) < 4.78 is 6.20. The Labute approximate surface area is 217 Å². The van der Waals surface area contributed by atoms with E-state index >= 15 is 0 Å². The highest BCUT2D eigenvalue weighted by Crippen LogP contribution is 2.35. The van der Waals surface area contributed by atoms with Crippen LogP contribution in [0.5, 0.6) is 5.75 Å². The van der Waals surface area contributed by atoms with E-state index in [2.05, 4.69) is 18.7 Å². The lowest BCUT2D eigenvalue weighted by molar-refractivity contribution is -0.136. The number of hydrogen-bond acceptors (Lipinski definition) is 6. The normalized spacial score (nSPS) is 17.1. The number of anilines is 1. The Bertz CT molecular complexity index is 1120. The maximum absolute atomic E-state index is 13.1. The molecule has 190 valence electrons. The molecule has 0 aliphatic carbocycles. The molecule has 0 aromatic heterocycles. The van der Waals surface area contributed by atoms with Gasteiger partial charge in [-0.25, -0.2) is 0 Å². The molecule has 8 heteroatoms. The Kier molecular flexibility index (Phi) is 8.70. The fourth-order valence-corrected chi connectivity index (χ4v) is 5.27. The average molecular weight is 508 g/mol. The first kappa shape index (κ1) is 25.8. The largest absolute Gasteiger partial charge is 0.488 e. The fourth-order valence-electron chi connectivity index (χ4n) is 4.44. The van der Waals surface area contributed by atoms with Gasteiger partial charge in [0.05, 0.1) is 4.91 Å². The first-order valence-electron chi connectivity index (χ1n) is 12.6. The number of thioether (sulfide) groups is 1. The number of nitrogens with zero attached hydrogens (tertiary/aromatic N) is 3. The van der Waals surface area contributed by atoms with Crippen LogP contribution in [0.3, 0.4) is 0 Å². The van der Waals surface area contributed by atoms with Crippen molar-refractivity contribution in [3.05, 3.63) is 64.6 Å². The highest BCUT2D eigenvalue weighted by atomic mass is 32.2. The molecule has 2 heterocycles. The van der Waals surface area contributed by atoms with Crippen LogP contribution in [-0.2, 0) is 16.2 Å². The number of benzene rings is 2. The minimum Gasteiger partial charge on any atom is -0.488 e. The van der Waals surface area contributed by atoms with Crippen molar-refractivity contribution < 1.29 is 19.1 Å². The van der Waals surface area contributed by atoms with Crippen molar-refractivity contribution >= 4 is 40.6 Å². The number of rotatable bonds is 9.